The van der Waals surface area contributed by atoms with Gasteiger partial charge in [0.05, 0.1) is 0 Å². The molecule has 11 heavy (non-hydrogen) atoms. The van der Waals surface area contributed by atoms with Crippen LogP contribution in [0.25, 0.3) is 0 Å². The van der Waals surface area contributed by atoms with Crippen LogP contribution in [0.2, 0.25) is 5.02 Å². The van der Waals surface area contributed by atoms with Gasteiger partial charge in [0.1, 0.15) is 0 Å². The zero-order valence-corrected chi connectivity index (χ0v) is 6.53. The number of fused-ring (bicyclic) bond motifs is 1. The van der Waals surface area contributed by atoms with Crippen LogP contribution in [0, 0.1) is 0 Å². The van der Waals surface area contributed by atoms with Crippen molar-refractivity contribution in [3.05, 3.63) is 28.8 Å². The van der Waals surface area contributed by atoms with E-state index in [1.54, 1.807) is 6.07 Å². The van der Waals surface area contributed by atoms with Gasteiger partial charge in [-0.1, -0.05) is 17.7 Å². The lowest BCUT2D eigenvalue weighted by molar-refractivity contribution is 0.384. The lowest BCUT2D eigenvalue weighted by Crippen LogP contribution is -2.06. The van der Waals surface area contributed by atoms with E-state index in [-0.39, 0.29) is 0 Å². The summed E-state index contributed by atoms with van der Waals surface area (Å²) in [4.78, 5) is 0. The van der Waals surface area contributed by atoms with Gasteiger partial charge >= 0.3 is 0 Å². The Balaban J connectivity index is 2.49. The molecule has 0 aromatic heterocycles. The number of hydrogen-bond acceptors (Lipinski definition) is 1. The monoisotopic (exact) mass is 171 g/mol. The maximum atomic E-state index is 12.7. The topological polar surface area (TPSA) is 12.0 Å². The summed E-state index contributed by atoms with van der Waals surface area (Å²) < 4.78 is 12.7. The minimum Gasteiger partial charge on any atom is -0.355 e. The predicted octanol–water partition coefficient (Wildman–Crippen LogP) is 2.60. The molecular formula is C8H7ClFN. The van der Waals surface area contributed by atoms with E-state index in [1.165, 1.54) is 0 Å². The number of anilines is 1. The standard InChI is InChI=1S/C8H7ClFN/c9-6-2-1-3-7-5(6)4-8(10)11-7/h1-3,8,11H,4H2. The molecule has 1 atom stereocenters. The molecule has 3 heteroatoms. The normalized spacial score (nSPS) is 21.1. The fourth-order valence-corrected chi connectivity index (χ4v) is 1.55. The molecule has 1 unspecified atom stereocenters. The third-order valence-electron chi connectivity index (χ3n) is 1.81. The van der Waals surface area contributed by atoms with Crippen LogP contribution < -0.4 is 5.32 Å². The second-order valence-electron chi connectivity index (χ2n) is 2.58. The van der Waals surface area contributed by atoms with Crippen LogP contribution in [0.1, 0.15) is 5.56 Å². The van der Waals surface area contributed by atoms with Gasteiger partial charge in [0.15, 0.2) is 6.30 Å². The quantitative estimate of drug-likeness (QED) is 0.592. The smallest absolute Gasteiger partial charge is 0.174 e. The Bertz CT molecular complexity index is 287. The Hall–Kier alpha value is -0.760. The van der Waals surface area contributed by atoms with E-state index in [0.29, 0.717) is 11.4 Å². The molecule has 1 nitrogen and oxygen atoms in total. The second-order valence-corrected chi connectivity index (χ2v) is 2.99. The van der Waals surface area contributed by atoms with Gasteiger partial charge in [0.2, 0.25) is 0 Å². The van der Waals surface area contributed by atoms with Gasteiger partial charge in [0, 0.05) is 17.1 Å². The van der Waals surface area contributed by atoms with E-state index in [9.17, 15) is 4.39 Å². The zero-order valence-electron chi connectivity index (χ0n) is 5.77. The molecule has 0 saturated carbocycles. The molecule has 0 saturated heterocycles. The molecule has 0 spiro atoms. The highest BCUT2D eigenvalue weighted by atomic mass is 35.5. The Labute approximate surface area is 69.2 Å². The first-order chi connectivity index (χ1) is 5.27. The number of halogens is 2. The molecule has 1 aliphatic heterocycles. The average molecular weight is 172 g/mol. The molecule has 0 bridgehead atoms. The van der Waals surface area contributed by atoms with Gasteiger partial charge in [-0.15, -0.1) is 0 Å². The van der Waals surface area contributed by atoms with Crippen LogP contribution in [-0.2, 0) is 6.42 Å². The van der Waals surface area contributed by atoms with E-state index in [1.807, 2.05) is 12.1 Å². The maximum absolute atomic E-state index is 12.7. The fraction of sp³-hybridized carbons (Fsp3) is 0.250. The van der Waals surface area contributed by atoms with Crippen LogP contribution in [0.4, 0.5) is 10.1 Å². The summed E-state index contributed by atoms with van der Waals surface area (Å²) in [6.07, 6.45) is -0.584. The van der Waals surface area contributed by atoms with Gasteiger partial charge in [-0.3, -0.25) is 0 Å². The molecule has 2 rings (SSSR count). The highest BCUT2D eigenvalue weighted by Gasteiger charge is 2.20. The Morgan fingerprint density at radius 1 is 1.55 bits per heavy atom. The molecule has 1 aromatic carbocycles. The molecule has 1 N–H and O–H groups in total. The van der Waals surface area contributed by atoms with Crippen molar-refractivity contribution in [2.75, 3.05) is 5.32 Å². The molecule has 0 amide bonds. The van der Waals surface area contributed by atoms with Crippen LogP contribution >= 0.6 is 11.6 Å². The summed E-state index contributed by atoms with van der Waals surface area (Å²) >= 11 is 5.83. The van der Waals surface area contributed by atoms with E-state index < -0.39 is 6.30 Å². The van der Waals surface area contributed by atoms with Gasteiger partial charge < -0.3 is 5.32 Å². The number of hydrogen-bond donors (Lipinski definition) is 1. The molecule has 1 aliphatic rings. The van der Waals surface area contributed by atoms with Crippen molar-refractivity contribution in [3.63, 3.8) is 0 Å². The largest absolute Gasteiger partial charge is 0.355 e. The summed E-state index contributed by atoms with van der Waals surface area (Å²) in [7, 11) is 0. The highest BCUT2D eigenvalue weighted by molar-refractivity contribution is 6.31. The molecule has 0 fully saturated rings. The fourth-order valence-electron chi connectivity index (χ4n) is 1.30. The third kappa shape index (κ3) is 1.07. The van der Waals surface area contributed by atoms with Gasteiger partial charge in [-0.2, -0.15) is 0 Å². The lowest BCUT2D eigenvalue weighted by atomic mass is 10.2. The average Bonchev–Trinajstić information content (AvgIpc) is 2.31. The molecular weight excluding hydrogens is 165 g/mol. The third-order valence-corrected chi connectivity index (χ3v) is 2.17. The summed E-state index contributed by atoms with van der Waals surface area (Å²) in [6, 6.07) is 5.42. The van der Waals surface area contributed by atoms with Crippen LogP contribution in [0.15, 0.2) is 18.2 Å². The van der Waals surface area contributed by atoms with E-state index >= 15 is 0 Å². The van der Waals surface area contributed by atoms with E-state index in [0.717, 1.165) is 11.3 Å². The van der Waals surface area contributed by atoms with Crippen molar-refractivity contribution in [2.45, 2.75) is 12.7 Å². The zero-order chi connectivity index (χ0) is 7.84. The van der Waals surface area contributed by atoms with Crippen molar-refractivity contribution in [1.82, 2.24) is 0 Å². The van der Waals surface area contributed by atoms with Crippen LogP contribution in [-0.4, -0.2) is 6.30 Å². The number of nitrogens with one attached hydrogen (secondary N) is 1. The Morgan fingerprint density at radius 2 is 2.36 bits per heavy atom. The van der Waals surface area contributed by atoms with Crippen molar-refractivity contribution in [1.29, 1.82) is 0 Å². The first-order valence-corrected chi connectivity index (χ1v) is 3.83. The highest BCUT2D eigenvalue weighted by Crippen LogP contribution is 2.31. The predicted molar refractivity (Wildman–Crippen MR) is 43.7 cm³/mol. The molecule has 58 valence electrons. The first-order valence-electron chi connectivity index (χ1n) is 3.45. The van der Waals surface area contributed by atoms with Gasteiger partial charge in [0.25, 0.3) is 0 Å². The summed E-state index contributed by atoms with van der Waals surface area (Å²) in [5.74, 6) is 0. The van der Waals surface area contributed by atoms with Crippen LogP contribution in [0.3, 0.4) is 0 Å². The summed E-state index contributed by atoms with van der Waals surface area (Å²) in [5, 5.41) is 3.34. The summed E-state index contributed by atoms with van der Waals surface area (Å²) in [6.45, 7) is 0. The van der Waals surface area contributed by atoms with E-state index in [2.05, 4.69) is 5.32 Å². The SMILES string of the molecule is FC1Cc2c(Cl)cccc2N1. The van der Waals surface area contributed by atoms with E-state index in [4.69, 9.17) is 11.6 Å². The second kappa shape index (κ2) is 2.38. The maximum Gasteiger partial charge on any atom is 0.174 e. The van der Waals surface area contributed by atoms with Crippen LogP contribution in [0.5, 0.6) is 0 Å². The molecule has 0 radical (unpaired) electrons. The molecule has 1 aromatic rings. The first kappa shape index (κ1) is 6.92. The van der Waals surface area contributed by atoms with Crippen molar-refractivity contribution >= 4 is 17.3 Å². The van der Waals surface area contributed by atoms with Gasteiger partial charge in [-0.25, -0.2) is 4.39 Å². The lowest BCUT2D eigenvalue weighted by Gasteiger charge is -1.98. The summed E-state index contributed by atoms with van der Waals surface area (Å²) in [5.41, 5.74) is 1.71. The van der Waals surface area contributed by atoms with Crippen molar-refractivity contribution < 1.29 is 4.39 Å². The number of alkyl halides is 1. The molecule has 1 heterocycles. The minimum absolute atomic E-state index is 0.384. The molecule has 0 aliphatic carbocycles. The van der Waals surface area contributed by atoms with Gasteiger partial charge in [-0.05, 0) is 17.7 Å². The number of benzene rings is 1. The minimum atomic E-state index is -0.968. The Kier molecular flexibility index (Phi) is 1.50. The Morgan fingerprint density at radius 3 is 3.09 bits per heavy atom. The number of rotatable bonds is 0. The van der Waals surface area contributed by atoms with Crippen molar-refractivity contribution in [3.8, 4) is 0 Å². The van der Waals surface area contributed by atoms with Crippen molar-refractivity contribution in [2.24, 2.45) is 0 Å².